The third-order valence-electron chi connectivity index (χ3n) is 2.96. The Morgan fingerprint density at radius 2 is 2.15 bits per heavy atom. The number of carbonyl (C=O) groups is 2. The summed E-state index contributed by atoms with van der Waals surface area (Å²) in [6, 6.07) is 1.10. The van der Waals surface area contributed by atoms with Crippen LogP contribution in [0, 0.1) is 0 Å². The molecule has 5 nitrogen and oxygen atoms in total. The van der Waals surface area contributed by atoms with Crippen LogP contribution in [0.15, 0.2) is 16.7 Å². The van der Waals surface area contributed by atoms with Gasteiger partial charge in [-0.25, -0.2) is 4.79 Å². The van der Waals surface area contributed by atoms with Gasteiger partial charge in [0.25, 0.3) is 5.91 Å². The monoisotopic (exact) mass is 340 g/mol. The van der Waals surface area contributed by atoms with E-state index in [1.165, 1.54) is 4.90 Å². The molecule has 0 aromatic carbocycles. The van der Waals surface area contributed by atoms with Crippen LogP contribution in [0.25, 0.3) is 0 Å². The van der Waals surface area contributed by atoms with Gasteiger partial charge >= 0.3 is 5.97 Å². The van der Waals surface area contributed by atoms with E-state index in [-0.39, 0.29) is 5.91 Å². The number of fused-ring (bicyclic) bond motifs is 1. The number of rotatable bonds is 2. The van der Waals surface area contributed by atoms with E-state index in [0.717, 1.165) is 4.47 Å². The first-order valence-electron chi connectivity index (χ1n) is 6.37. The van der Waals surface area contributed by atoms with E-state index in [1.807, 2.05) is 0 Å². The van der Waals surface area contributed by atoms with Crippen molar-refractivity contribution in [2.75, 3.05) is 0 Å². The molecule has 0 saturated carbocycles. The molecule has 20 heavy (non-hydrogen) atoms. The average Bonchev–Trinajstić information content (AvgIpc) is 2.64. The second-order valence-corrected chi connectivity index (χ2v) is 6.71. The number of aromatic nitrogens is 1. The van der Waals surface area contributed by atoms with Crippen LogP contribution in [0.1, 0.15) is 43.7 Å². The predicted octanol–water partition coefficient (Wildman–Crippen LogP) is 2.53. The molecule has 1 aliphatic rings. The van der Waals surface area contributed by atoms with E-state index >= 15 is 0 Å². The summed E-state index contributed by atoms with van der Waals surface area (Å²) in [7, 11) is 0. The van der Waals surface area contributed by atoms with Gasteiger partial charge in [0, 0.05) is 10.7 Å². The lowest BCUT2D eigenvalue weighted by Crippen LogP contribution is -2.42. The van der Waals surface area contributed by atoms with Crippen molar-refractivity contribution >= 4 is 27.8 Å². The number of nitrogens with zero attached hydrogens (tertiary/aromatic N) is 2. The topological polar surface area (TPSA) is 59.5 Å². The summed E-state index contributed by atoms with van der Waals surface area (Å²) in [4.78, 5) is 30.1. The summed E-state index contributed by atoms with van der Waals surface area (Å²) >= 11 is 3.29. The molecule has 0 radical (unpaired) electrons. The number of esters is 1. The Morgan fingerprint density at radius 1 is 1.50 bits per heavy atom. The predicted molar refractivity (Wildman–Crippen MR) is 77.1 cm³/mol. The molecule has 6 heteroatoms. The Hall–Kier alpha value is -1.43. The zero-order valence-corrected chi connectivity index (χ0v) is 13.5. The van der Waals surface area contributed by atoms with Crippen molar-refractivity contribution in [1.82, 2.24) is 9.88 Å². The van der Waals surface area contributed by atoms with Gasteiger partial charge in [-0.15, -0.1) is 0 Å². The fourth-order valence-corrected chi connectivity index (χ4v) is 2.33. The largest absolute Gasteiger partial charge is 0.458 e. The number of halogens is 1. The van der Waals surface area contributed by atoms with Crippen LogP contribution in [0.3, 0.4) is 0 Å². The van der Waals surface area contributed by atoms with Crippen LogP contribution < -0.4 is 0 Å². The maximum atomic E-state index is 12.3. The molecular weight excluding hydrogens is 324 g/mol. The molecule has 0 bridgehead atoms. The molecule has 1 aromatic rings. The standard InChI is InChI=1S/C14H17BrN2O3/c1-8(13(19)20-14(2,3)4)17-7-11-10(12(17)18)5-9(15)6-16-11/h5-6,8H,7H2,1-4H3. The summed E-state index contributed by atoms with van der Waals surface area (Å²) in [5.74, 6) is -0.593. The van der Waals surface area contributed by atoms with Crippen molar-refractivity contribution in [1.29, 1.82) is 0 Å². The maximum absolute atomic E-state index is 12.3. The molecule has 0 N–H and O–H groups in total. The molecule has 108 valence electrons. The molecule has 1 unspecified atom stereocenters. The highest BCUT2D eigenvalue weighted by Crippen LogP contribution is 2.26. The van der Waals surface area contributed by atoms with Crippen LogP contribution >= 0.6 is 15.9 Å². The second kappa shape index (κ2) is 5.16. The quantitative estimate of drug-likeness (QED) is 0.776. The smallest absolute Gasteiger partial charge is 0.329 e. The van der Waals surface area contributed by atoms with E-state index in [1.54, 1.807) is 40.0 Å². The molecule has 1 atom stereocenters. The van der Waals surface area contributed by atoms with Gasteiger partial charge in [-0.1, -0.05) is 0 Å². The Kier molecular flexibility index (Phi) is 3.86. The maximum Gasteiger partial charge on any atom is 0.329 e. The van der Waals surface area contributed by atoms with Crippen molar-refractivity contribution in [2.45, 2.75) is 45.9 Å². The van der Waals surface area contributed by atoms with Gasteiger partial charge in [0.2, 0.25) is 0 Å². The first-order chi connectivity index (χ1) is 9.19. The molecule has 1 amide bonds. The van der Waals surface area contributed by atoms with Crippen LogP contribution in [-0.2, 0) is 16.1 Å². The number of pyridine rings is 1. The Labute approximate surface area is 126 Å². The lowest BCUT2D eigenvalue weighted by molar-refractivity contribution is -0.159. The van der Waals surface area contributed by atoms with Crippen LogP contribution in [-0.4, -0.2) is 33.4 Å². The number of ether oxygens (including phenoxy) is 1. The van der Waals surface area contributed by atoms with E-state index in [4.69, 9.17) is 4.74 Å². The van der Waals surface area contributed by atoms with Crippen molar-refractivity contribution in [3.8, 4) is 0 Å². The van der Waals surface area contributed by atoms with Gasteiger partial charge in [0.1, 0.15) is 11.6 Å². The van der Waals surface area contributed by atoms with E-state index in [9.17, 15) is 9.59 Å². The molecule has 2 rings (SSSR count). The van der Waals surface area contributed by atoms with E-state index < -0.39 is 17.6 Å². The highest BCUT2D eigenvalue weighted by molar-refractivity contribution is 9.10. The highest BCUT2D eigenvalue weighted by atomic mass is 79.9. The van der Waals surface area contributed by atoms with Crippen molar-refractivity contribution in [3.05, 3.63) is 28.0 Å². The Morgan fingerprint density at radius 3 is 2.75 bits per heavy atom. The van der Waals surface area contributed by atoms with Gasteiger partial charge in [-0.3, -0.25) is 9.78 Å². The molecular formula is C14H17BrN2O3. The molecule has 2 heterocycles. The summed E-state index contributed by atoms with van der Waals surface area (Å²) in [6.07, 6.45) is 1.65. The van der Waals surface area contributed by atoms with Crippen molar-refractivity contribution < 1.29 is 14.3 Å². The fraction of sp³-hybridized carbons (Fsp3) is 0.500. The Bertz CT molecular complexity index is 566. The van der Waals surface area contributed by atoms with Crippen molar-refractivity contribution in [2.24, 2.45) is 0 Å². The number of hydrogen-bond acceptors (Lipinski definition) is 4. The third-order valence-corrected chi connectivity index (χ3v) is 3.40. The molecule has 0 spiro atoms. The summed E-state index contributed by atoms with van der Waals surface area (Å²) in [5.41, 5.74) is 0.658. The third kappa shape index (κ3) is 3.00. The van der Waals surface area contributed by atoms with E-state index in [0.29, 0.717) is 17.8 Å². The summed E-state index contributed by atoms with van der Waals surface area (Å²) in [6.45, 7) is 7.42. The minimum atomic E-state index is -0.630. The first-order valence-corrected chi connectivity index (χ1v) is 7.16. The van der Waals surface area contributed by atoms with Crippen molar-refractivity contribution in [3.63, 3.8) is 0 Å². The minimum Gasteiger partial charge on any atom is -0.458 e. The van der Waals surface area contributed by atoms with Crippen LogP contribution in [0.2, 0.25) is 0 Å². The molecule has 0 fully saturated rings. The number of carbonyl (C=O) groups excluding carboxylic acids is 2. The highest BCUT2D eigenvalue weighted by Gasteiger charge is 2.36. The zero-order valence-electron chi connectivity index (χ0n) is 11.9. The van der Waals surface area contributed by atoms with Gasteiger partial charge in [-0.2, -0.15) is 0 Å². The normalized spacial score (nSPS) is 16.1. The number of hydrogen-bond donors (Lipinski definition) is 0. The van der Waals surface area contributed by atoms with Gasteiger partial charge in [0.05, 0.1) is 17.8 Å². The first kappa shape index (κ1) is 15.0. The molecule has 0 aliphatic carbocycles. The Balaban J connectivity index is 2.17. The minimum absolute atomic E-state index is 0.188. The average molecular weight is 341 g/mol. The van der Waals surface area contributed by atoms with Crippen LogP contribution in [0.4, 0.5) is 0 Å². The molecule has 1 aliphatic heterocycles. The van der Waals surface area contributed by atoms with E-state index in [2.05, 4.69) is 20.9 Å². The zero-order chi connectivity index (χ0) is 15.1. The van der Waals surface area contributed by atoms with Gasteiger partial charge in [0.15, 0.2) is 0 Å². The fourth-order valence-electron chi connectivity index (χ4n) is 1.99. The molecule has 1 aromatic heterocycles. The lowest BCUT2D eigenvalue weighted by atomic mass is 10.2. The summed E-state index contributed by atoms with van der Waals surface area (Å²) in [5, 5.41) is 0. The second-order valence-electron chi connectivity index (χ2n) is 5.79. The lowest BCUT2D eigenvalue weighted by Gasteiger charge is -2.27. The summed E-state index contributed by atoms with van der Waals surface area (Å²) < 4.78 is 6.07. The van der Waals surface area contributed by atoms with Gasteiger partial charge in [-0.05, 0) is 49.7 Å². The molecule has 0 saturated heterocycles. The van der Waals surface area contributed by atoms with Gasteiger partial charge < -0.3 is 9.64 Å². The number of amides is 1. The van der Waals surface area contributed by atoms with Crippen LogP contribution in [0.5, 0.6) is 0 Å². The SMILES string of the molecule is CC(C(=O)OC(C)(C)C)N1Cc2ncc(Br)cc2C1=O.